The van der Waals surface area contributed by atoms with Crippen molar-refractivity contribution in [3.05, 3.63) is 0 Å². The lowest BCUT2D eigenvalue weighted by Crippen LogP contribution is -2.38. The first-order chi connectivity index (χ1) is 6.92. The van der Waals surface area contributed by atoms with E-state index in [2.05, 4.69) is 4.72 Å². The average molecular weight is 233 g/mol. The van der Waals surface area contributed by atoms with E-state index in [-0.39, 0.29) is 11.8 Å². The van der Waals surface area contributed by atoms with E-state index in [9.17, 15) is 13.2 Å². The SMILES string of the molecule is CCC(CC)S(=O)(=O)NC(=O)[C@H]1C[C@H]1C. The summed E-state index contributed by atoms with van der Waals surface area (Å²) in [5.41, 5.74) is 0. The van der Waals surface area contributed by atoms with E-state index in [1.54, 1.807) is 0 Å². The topological polar surface area (TPSA) is 63.2 Å². The molecule has 88 valence electrons. The van der Waals surface area contributed by atoms with Crippen molar-refractivity contribution < 1.29 is 13.2 Å². The summed E-state index contributed by atoms with van der Waals surface area (Å²) in [5.74, 6) is -0.0783. The largest absolute Gasteiger partial charge is 0.274 e. The number of carbonyl (C=O) groups excluding carboxylic acids is 1. The van der Waals surface area contributed by atoms with Crippen molar-refractivity contribution in [2.24, 2.45) is 11.8 Å². The van der Waals surface area contributed by atoms with E-state index in [0.29, 0.717) is 18.8 Å². The van der Waals surface area contributed by atoms with Gasteiger partial charge in [0, 0.05) is 5.92 Å². The van der Waals surface area contributed by atoms with E-state index in [1.165, 1.54) is 0 Å². The molecule has 1 N–H and O–H groups in total. The second-order valence-electron chi connectivity index (χ2n) is 4.27. The van der Waals surface area contributed by atoms with Crippen LogP contribution in [0.25, 0.3) is 0 Å². The zero-order valence-corrected chi connectivity index (χ0v) is 10.3. The quantitative estimate of drug-likeness (QED) is 0.778. The van der Waals surface area contributed by atoms with Gasteiger partial charge < -0.3 is 0 Å². The molecular formula is C10H19NO3S. The van der Waals surface area contributed by atoms with Gasteiger partial charge in [0.15, 0.2) is 0 Å². The molecule has 0 aromatic rings. The molecule has 0 bridgehead atoms. The Balaban J connectivity index is 2.59. The maximum absolute atomic E-state index is 11.7. The predicted octanol–water partition coefficient (Wildman–Crippen LogP) is 1.28. The molecule has 0 spiro atoms. The molecule has 5 heteroatoms. The lowest BCUT2D eigenvalue weighted by molar-refractivity contribution is -0.120. The highest BCUT2D eigenvalue weighted by molar-refractivity contribution is 7.90. The van der Waals surface area contributed by atoms with Gasteiger partial charge in [-0.1, -0.05) is 20.8 Å². The first kappa shape index (κ1) is 12.5. The van der Waals surface area contributed by atoms with Crippen LogP contribution in [0.15, 0.2) is 0 Å². The van der Waals surface area contributed by atoms with Gasteiger partial charge in [-0.05, 0) is 25.2 Å². The summed E-state index contributed by atoms with van der Waals surface area (Å²) >= 11 is 0. The van der Waals surface area contributed by atoms with Crippen LogP contribution in [-0.4, -0.2) is 19.6 Å². The van der Waals surface area contributed by atoms with E-state index < -0.39 is 15.3 Å². The maximum atomic E-state index is 11.7. The van der Waals surface area contributed by atoms with Crippen LogP contribution in [0.1, 0.15) is 40.0 Å². The van der Waals surface area contributed by atoms with Gasteiger partial charge in [0.25, 0.3) is 0 Å². The summed E-state index contributed by atoms with van der Waals surface area (Å²) in [6.07, 6.45) is 1.89. The summed E-state index contributed by atoms with van der Waals surface area (Å²) < 4.78 is 25.6. The molecule has 4 nitrogen and oxygen atoms in total. The number of rotatable bonds is 5. The Bertz CT molecular complexity index is 333. The monoisotopic (exact) mass is 233 g/mol. The van der Waals surface area contributed by atoms with Gasteiger partial charge in [-0.25, -0.2) is 8.42 Å². The zero-order chi connectivity index (χ0) is 11.6. The summed E-state index contributed by atoms with van der Waals surface area (Å²) in [6.45, 7) is 5.59. The summed E-state index contributed by atoms with van der Waals surface area (Å²) in [5, 5.41) is -0.449. The van der Waals surface area contributed by atoms with Crippen molar-refractivity contribution in [2.75, 3.05) is 0 Å². The van der Waals surface area contributed by atoms with Crippen molar-refractivity contribution in [3.63, 3.8) is 0 Å². The molecule has 0 aliphatic heterocycles. The molecule has 2 atom stereocenters. The van der Waals surface area contributed by atoms with Gasteiger partial charge in [-0.15, -0.1) is 0 Å². The number of sulfonamides is 1. The van der Waals surface area contributed by atoms with E-state index in [4.69, 9.17) is 0 Å². The maximum Gasteiger partial charge on any atom is 0.237 e. The fourth-order valence-corrected chi connectivity index (χ4v) is 3.19. The van der Waals surface area contributed by atoms with E-state index in [0.717, 1.165) is 6.42 Å². The van der Waals surface area contributed by atoms with Crippen LogP contribution in [0.2, 0.25) is 0 Å². The van der Waals surface area contributed by atoms with Crippen molar-refractivity contribution in [2.45, 2.75) is 45.3 Å². The molecule has 15 heavy (non-hydrogen) atoms. The molecule has 1 saturated carbocycles. The van der Waals surface area contributed by atoms with Gasteiger partial charge in [-0.2, -0.15) is 0 Å². The Morgan fingerprint density at radius 3 is 2.20 bits per heavy atom. The van der Waals surface area contributed by atoms with Gasteiger partial charge >= 0.3 is 0 Å². The average Bonchev–Trinajstić information content (AvgIpc) is 2.83. The fourth-order valence-electron chi connectivity index (χ4n) is 1.71. The van der Waals surface area contributed by atoms with Gasteiger partial charge in [-0.3, -0.25) is 9.52 Å². The molecule has 1 amide bonds. The molecule has 0 saturated heterocycles. The van der Waals surface area contributed by atoms with Crippen LogP contribution in [0.4, 0.5) is 0 Å². The number of hydrogen-bond acceptors (Lipinski definition) is 3. The lowest BCUT2D eigenvalue weighted by atomic mass is 10.3. The standard InChI is InChI=1S/C10H19NO3S/c1-4-8(5-2)15(13,14)11-10(12)9-6-7(9)3/h7-9H,4-6H2,1-3H3,(H,11,12)/t7-,9+/m1/s1. The van der Waals surface area contributed by atoms with E-state index >= 15 is 0 Å². The van der Waals surface area contributed by atoms with E-state index in [1.807, 2.05) is 20.8 Å². The number of hydrogen-bond donors (Lipinski definition) is 1. The number of carbonyl (C=O) groups is 1. The zero-order valence-electron chi connectivity index (χ0n) is 9.49. The Hall–Kier alpha value is -0.580. The molecule has 1 fully saturated rings. The third kappa shape index (κ3) is 2.93. The van der Waals surface area contributed by atoms with Crippen LogP contribution < -0.4 is 4.72 Å². The third-order valence-electron chi connectivity index (χ3n) is 3.04. The molecule has 1 aliphatic rings. The second-order valence-corrected chi connectivity index (χ2v) is 6.23. The molecule has 0 radical (unpaired) electrons. The molecule has 0 heterocycles. The Morgan fingerprint density at radius 1 is 1.40 bits per heavy atom. The molecule has 1 rings (SSSR count). The van der Waals surface area contributed by atoms with Crippen LogP contribution in [0, 0.1) is 11.8 Å². The van der Waals surface area contributed by atoms with Crippen molar-refractivity contribution in [1.29, 1.82) is 0 Å². The van der Waals surface area contributed by atoms with Crippen LogP contribution in [-0.2, 0) is 14.8 Å². The summed E-state index contributed by atoms with van der Waals surface area (Å²) in [7, 11) is -3.45. The fraction of sp³-hybridized carbons (Fsp3) is 0.900. The van der Waals surface area contributed by atoms with Crippen molar-refractivity contribution in [3.8, 4) is 0 Å². The minimum atomic E-state index is -3.45. The Labute approximate surface area is 91.5 Å². The molecular weight excluding hydrogens is 214 g/mol. The highest BCUT2D eigenvalue weighted by Gasteiger charge is 2.41. The smallest absolute Gasteiger partial charge is 0.237 e. The van der Waals surface area contributed by atoms with Crippen LogP contribution in [0.3, 0.4) is 0 Å². The third-order valence-corrected chi connectivity index (χ3v) is 5.07. The summed E-state index contributed by atoms with van der Waals surface area (Å²) in [6, 6.07) is 0. The second kappa shape index (κ2) is 4.51. The van der Waals surface area contributed by atoms with Crippen LogP contribution >= 0.6 is 0 Å². The van der Waals surface area contributed by atoms with Crippen LogP contribution in [0.5, 0.6) is 0 Å². The molecule has 0 aromatic heterocycles. The first-order valence-corrected chi connectivity index (χ1v) is 7.02. The highest BCUT2D eigenvalue weighted by Crippen LogP contribution is 2.37. The molecule has 1 aliphatic carbocycles. The van der Waals surface area contributed by atoms with Gasteiger partial charge in [0.05, 0.1) is 5.25 Å². The minimum absolute atomic E-state index is 0.0888. The number of nitrogens with one attached hydrogen (secondary N) is 1. The Kier molecular flexibility index (Phi) is 3.76. The lowest BCUT2D eigenvalue weighted by Gasteiger charge is -2.14. The van der Waals surface area contributed by atoms with Gasteiger partial charge in [0.2, 0.25) is 15.9 Å². The molecule has 0 unspecified atom stereocenters. The molecule has 0 aromatic carbocycles. The Morgan fingerprint density at radius 2 is 1.87 bits per heavy atom. The normalized spacial score (nSPS) is 25.3. The predicted molar refractivity (Wildman–Crippen MR) is 58.7 cm³/mol. The highest BCUT2D eigenvalue weighted by atomic mass is 32.2. The summed E-state index contributed by atoms with van der Waals surface area (Å²) in [4.78, 5) is 11.5. The first-order valence-electron chi connectivity index (χ1n) is 5.47. The van der Waals surface area contributed by atoms with Gasteiger partial charge in [0.1, 0.15) is 0 Å². The minimum Gasteiger partial charge on any atom is -0.274 e. The van der Waals surface area contributed by atoms with Crippen molar-refractivity contribution >= 4 is 15.9 Å². The number of amides is 1. The van der Waals surface area contributed by atoms with Crippen molar-refractivity contribution in [1.82, 2.24) is 4.72 Å².